The van der Waals surface area contributed by atoms with Crippen LogP contribution in [0.2, 0.25) is 0 Å². The molecule has 0 heterocycles. The predicted molar refractivity (Wildman–Crippen MR) is 88.8 cm³/mol. The largest absolute Gasteiger partial charge is 0.491 e. The fourth-order valence-electron chi connectivity index (χ4n) is 3.26. The fourth-order valence-corrected chi connectivity index (χ4v) is 3.26. The Labute approximate surface area is 129 Å². The minimum absolute atomic E-state index is 0.217. The number of para-hydroxylation sites is 1. The Bertz CT molecular complexity index is 437. The molecule has 1 aliphatic carbocycles. The molecule has 0 unspecified atom stereocenters. The maximum atomic E-state index is 5.89. The van der Waals surface area contributed by atoms with Gasteiger partial charge >= 0.3 is 0 Å². The number of nitrogens with zero attached hydrogens (tertiary/aromatic N) is 1. The smallest absolute Gasteiger partial charge is 0.124 e. The third-order valence-corrected chi connectivity index (χ3v) is 4.59. The summed E-state index contributed by atoms with van der Waals surface area (Å²) in [6, 6.07) is 8.34. The van der Waals surface area contributed by atoms with Gasteiger partial charge in [-0.3, -0.25) is 0 Å². The summed E-state index contributed by atoms with van der Waals surface area (Å²) in [4.78, 5) is 2.41. The van der Waals surface area contributed by atoms with E-state index < -0.39 is 0 Å². The zero-order valence-electron chi connectivity index (χ0n) is 14.0. The van der Waals surface area contributed by atoms with E-state index in [-0.39, 0.29) is 6.10 Å². The fraction of sp³-hybridized carbons (Fsp3) is 0.667. The molecule has 1 saturated carbocycles. The van der Waals surface area contributed by atoms with Gasteiger partial charge in [-0.2, -0.15) is 0 Å². The van der Waals surface area contributed by atoms with Crippen LogP contribution in [0.3, 0.4) is 0 Å². The van der Waals surface area contributed by atoms with Crippen molar-refractivity contribution < 1.29 is 4.74 Å². The Balaban J connectivity index is 1.94. The molecule has 0 radical (unpaired) electrons. The van der Waals surface area contributed by atoms with Crippen molar-refractivity contribution in [1.82, 2.24) is 10.2 Å². The van der Waals surface area contributed by atoms with Crippen LogP contribution in [-0.4, -0.2) is 37.2 Å². The zero-order chi connectivity index (χ0) is 15.3. The second-order valence-corrected chi connectivity index (χ2v) is 6.70. The van der Waals surface area contributed by atoms with Crippen LogP contribution >= 0.6 is 0 Å². The van der Waals surface area contributed by atoms with Gasteiger partial charge in [0.25, 0.3) is 0 Å². The molecule has 1 aromatic rings. The maximum absolute atomic E-state index is 5.89. The van der Waals surface area contributed by atoms with E-state index in [1.54, 1.807) is 0 Å². The Morgan fingerprint density at radius 2 is 1.86 bits per heavy atom. The molecule has 1 aliphatic rings. The van der Waals surface area contributed by atoms with Crippen molar-refractivity contribution in [2.24, 2.45) is 0 Å². The van der Waals surface area contributed by atoms with E-state index in [1.165, 1.54) is 31.2 Å². The van der Waals surface area contributed by atoms with Crippen LogP contribution in [0, 0.1) is 0 Å². The van der Waals surface area contributed by atoms with Crippen molar-refractivity contribution in [3.8, 4) is 5.75 Å². The zero-order valence-corrected chi connectivity index (χ0v) is 14.0. The van der Waals surface area contributed by atoms with Crippen LogP contribution in [0.1, 0.15) is 45.1 Å². The maximum Gasteiger partial charge on any atom is 0.124 e. The molecule has 2 rings (SSSR count). The van der Waals surface area contributed by atoms with Crippen molar-refractivity contribution in [1.29, 1.82) is 0 Å². The Kier molecular flexibility index (Phi) is 5.65. The topological polar surface area (TPSA) is 24.5 Å². The van der Waals surface area contributed by atoms with Gasteiger partial charge in [-0.25, -0.2) is 0 Å². The lowest BCUT2D eigenvalue weighted by atomic mass is 9.96. The van der Waals surface area contributed by atoms with E-state index in [1.807, 2.05) is 6.07 Å². The van der Waals surface area contributed by atoms with Crippen LogP contribution < -0.4 is 10.1 Å². The van der Waals surface area contributed by atoms with Gasteiger partial charge in [-0.1, -0.05) is 31.0 Å². The third-order valence-electron chi connectivity index (χ3n) is 4.59. The summed E-state index contributed by atoms with van der Waals surface area (Å²) in [7, 11) is 4.42. The highest BCUT2D eigenvalue weighted by Crippen LogP contribution is 2.33. The van der Waals surface area contributed by atoms with Crippen LogP contribution in [0.25, 0.3) is 0 Å². The van der Waals surface area contributed by atoms with E-state index in [4.69, 9.17) is 4.74 Å². The molecule has 0 spiro atoms. The molecule has 3 nitrogen and oxygen atoms in total. The normalized spacial score (nSPS) is 17.6. The molecule has 1 aromatic carbocycles. The minimum atomic E-state index is 0.217. The van der Waals surface area contributed by atoms with Crippen molar-refractivity contribution in [3.63, 3.8) is 0 Å². The first-order valence-corrected chi connectivity index (χ1v) is 8.16. The lowest BCUT2D eigenvalue weighted by molar-refractivity contribution is 0.153. The molecular formula is C18H30N2O. The monoisotopic (exact) mass is 290 g/mol. The first-order valence-electron chi connectivity index (χ1n) is 8.16. The molecule has 0 aromatic heterocycles. The lowest BCUT2D eigenvalue weighted by Crippen LogP contribution is -2.49. The molecule has 3 heteroatoms. The van der Waals surface area contributed by atoms with Gasteiger partial charge in [-0.05, 0) is 46.9 Å². The molecular weight excluding hydrogens is 260 g/mol. The number of benzene rings is 1. The first-order chi connectivity index (χ1) is 10.0. The standard InChI is InChI=1S/C18H30N2O/c1-15(2)21-17-10-6-5-9-16(17)13-19-14-18(20(3)4)11-7-8-12-18/h5-6,9-10,15,19H,7-8,11-14H2,1-4H3. The summed E-state index contributed by atoms with van der Waals surface area (Å²) in [5, 5.41) is 3.66. The van der Waals surface area contributed by atoms with Crippen LogP contribution in [0.5, 0.6) is 5.75 Å². The van der Waals surface area contributed by atoms with E-state index in [0.717, 1.165) is 18.8 Å². The van der Waals surface area contributed by atoms with Gasteiger partial charge in [0.1, 0.15) is 5.75 Å². The number of hydrogen-bond donors (Lipinski definition) is 1. The van der Waals surface area contributed by atoms with Gasteiger partial charge in [0.2, 0.25) is 0 Å². The molecule has 21 heavy (non-hydrogen) atoms. The number of rotatable bonds is 7. The quantitative estimate of drug-likeness (QED) is 0.832. The average molecular weight is 290 g/mol. The van der Waals surface area contributed by atoms with Gasteiger partial charge in [-0.15, -0.1) is 0 Å². The van der Waals surface area contributed by atoms with Crippen LogP contribution in [0.15, 0.2) is 24.3 Å². The SMILES string of the molecule is CC(C)Oc1ccccc1CNCC1(N(C)C)CCCC1. The highest BCUT2D eigenvalue weighted by molar-refractivity contribution is 5.33. The molecule has 118 valence electrons. The summed E-state index contributed by atoms with van der Waals surface area (Å²) in [6.07, 6.45) is 5.53. The van der Waals surface area contributed by atoms with Crippen molar-refractivity contribution in [2.45, 2.75) is 57.7 Å². The van der Waals surface area contributed by atoms with Gasteiger partial charge < -0.3 is 15.0 Å². The van der Waals surface area contributed by atoms with E-state index in [2.05, 4.69) is 56.4 Å². The summed E-state index contributed by atoms with van der Waals surface area (Å²) in [6.45, 7) is 6.07. The second-order valence-electron chi connectivity index (χ2n) is 6.70. The highest BCUT2D eigenvalue weighted by atomic mass is 16.5. The van der Waals surface area contributed by atoms with Gasteiger partial charge in [0, 0.05) is 24.2 Å². The number of hydrogen-bond acceptors (Lipinski definition) is 3. The van der Waals surface area contributed by atoms with Crippen LogP contribution in [0.4, 0.5) is 0 Å². The summed E-state index contributed by atoms with van der Waals surface area (Å²) in [5.74, 6) is 1.00. The molecule has 0 bridgehead atoms. The Morgan fingerprint density at radius 1 is 1.19 bits per heavy atom. The third kappa shape index (κ3) is 4.21. The highest BCUT2D eigenvalue weighted by Gasteiger charge is 2.35. The molecule has 0 saturated heterocycles. The van der Waals surface area contributed by atoms with E-state index in [0.29, 0.717) is 5.54 Å². The first kappa shape index (κ1) is 16.3. The van der Waals surface area contributed by atoms with E-state index >= 15 is 0 Å². The molecule has 0 aliphatic heterocycles. The minimum Gasteiger partial charge on any atom is -0.491 e. The van der Waals surface area contributed by atoms with Crippen molar-refractivity contribution >= 4 is 0 Å². The summed E-state index contributed by atoms with van der Waals surface area (Å²) < 4.78 is 5.89. The number of likely N-dealkylation sites (N-methyl/N-ethyl adjacent to an activating group) is 1. The molecule has 0 atom stereocenters. The number of ether oxygens (including phenoxy) is 1. The average Bonchev–Trinajstić information content (AvgIpc) is 2.90. The lowest BCUT2D eigenvalue weighted by Gasteiger charge is -2.36. The summed E-state index contributed by atoms with van der Waals surface area (Å²) >= 11 is 0. The number of nitrogens with one attached hydrogen (secondary N) is 1. The van der Waals surface area contributed by atoms with Crippen LogP contribution in [-0.2, 0) is 6.54 Å². The molecule has 1 N–H and O–H groups in total. The predicted octanol–water partition coefficient (Wildman–Crippen LogP) is 3.44. The van der Waals surface area contributed by atoms with Gasteiger partial charge in [0.15, 0.2) is 0 Å². The van der Waals surface area contributed by atoms with Crippen molar-refractivity contribution in [3.05, 3.63) is 29.8 Å². The summed E-state index contributed by atoms with van der Waals surface area (Å²) in [5.41, 5.74) is 1.59. The van der Waals surface area contributed by atoms with Gasteiger partial charge in [0.05, 0.1) is 6.10 Å². The van der Waals surface area contributed by atoms with E-state index in [9.17, 15) is 0 Å². The second kappa shape index (κ2) is 7.28. The Morgan fingerprint density at radius 3 is 2.48 bits per heavy atom. The van der Waals surface area contributed by atoms with Crippen molar-refractivity contribution in [2.75, 3.05) is 20.6 Å². The Hall–Kier alpha value is -1.06. The molecule has 1 fully saturated rings. The molecule has 0 amide bonds.